The second kappa shape index (κ2) is 7.81. The molecule has 2 aromatic carbocycles. The Hall–Kier alpha value is -2.86. The molecule has 6 heteroatoms. The van der Waals surface area contributed by atoms with Gasteiger partial charge in [-0.25, -0.2) is 4.79 Å². The van der Waals surface area contributed by atoms with Crippen LogP contribution >= 0.6 is 0 Å². The summed E-state index contributed by atoms with van der Waals surface area (Å²) in [5.41, 5.74) is 2.22. The molecule has 1 unspecified atom stereocenters. The zero-order valence-electron chi connectivity index (χ0n) is 13.6. The molecule has 130 valence electrons. The molecule has 25 heavy (non-hydrogen) atoms. The van der Waals surface area contributed by atoms with Gasteiger partial charge in [0.25, 0.3) is 5.91 Å². The van der Waals surface area contributed by atoms with Gasteiger partial charge in [-0.05, 0) is 36.2 Å². The Bertz CT molecular complexity index is 768. The SMILES string of the molecule is O=C(O)COc1cccc(NC(=O)c2cccc(C3CCOC3)c2)c1. The fraction of sp³-hybridized carbons (Fsp3) is 0.263. The van der Waals surface area contributed by atoms with E-state index in [1.165, 1.54) is 0 Å². The third-order valence-electron chi connectivity index (χ3n) is 4.00. The number of amides is 1. The molecule has 1 amide bonds. The number of aliphatic carboxylic acids is 1. The van der Waals surface area contributed by atoms with E-state index in [2.05, 4.69) is 5.32 Å². The predicted molar refractivity (Wildman–Crippen MR) is 92.1 cm³/mol. The third-order valence-corrected chi connectivity index (χ3v) is 4.00. The van der Waals surface area contributed by atoms with Crippen LogP contribution in [0.4, 0.5) is 5.69 Å². The van der Waals surface area contributed by atoms with E-state index in [0.29, 0.717) is 29.5 Å². The number of carboxylic acid groups (broad SMARTS) is 1. The number of rotatable bonds is 6. The molecule has 1 fully saturated rings. The summed E-state index contributed by atoms with van der Waals surface area (Å²) in [6.45, 7) is 1.02. The maximum Gasteiger partial charge on any atom is 0.341 e. The third kappa shape index (κ3) is 4.58. The predicted octanol–water partition coefficient (Wildman–Crippen LogP) is 2.91. The zero-order chi connectivity index (χ0) is 17.6. The second-order valence-corrected chi connectivity index (χ2v) is 5.85. The van der Waals surface area contributed by atoms with Crippen molar-refractivity contribution in [2.24, 2.45) is 0 Å². The highest BCUT2D eigenvalue weighted by atomic mass is 16.5. The van der Waals surface area contributed by atoms with Gasteiger partial charge in [0.05, 0.1) is 6.61 Å². The fourth-order valence-corrected chi connectivity index (χ4v) is 2.74. The molecular formula is C19H19NO5. The first-order chi connectivity index (χ1) is 12.1. The molecule has 0 saturated carbocycles. The lowest BCUT2D eigenvalue weighted by Crippen LogP contribution is -2.13. The average Bonchev–Trinajstić information content (AvgIpc) is 3.15. The molecule has 6 nitrogen and oxygen atoms in total. The Morgan fingerprint density at radius 3 is 2.80 bits per heavy atom. The Morgan fingerprint density at radius 2 is 2.04 bits per heavy atom. The van der Waals surface area contributed by atoms with E-state index in [0.717, 1.165) is 18.6 Å². The van der Waals surface area contributed by atoms with E-state index in [4.69, 9.17) is 14.6 Å². The summed E-state index contributed by atoms with van der Waals surface area (Å²) in [4.78, 5) is 23.0. The summed E-state index contributed by atoms with van der Waals surface area (Å²) >= 11 is 0. The Morgan fingerprint density at radius 1 is 1.20 bits per heavy atom. The van der Waals surface area contributed by atoms with Gasteiger partial charge in [0.15, 0.2) is 6.61 Å². The Kier molecular flexibility index (Phi) is 5.30. The van der Waals surface area contributed by atoms with Crippen LogP contribution in [-0.2, 0) is 9.53 Å². The van der Waals surface area contributed by atoms with Crippen molar-refractivity contribution in [1.29, 1.82) is 0 Å². The molecule has 1 heterocycles. The second-order valence-electron chi connectivity index (χ2n) is 5.85. The molecule has 0 radical (unpaired) electrons. The van der Waals surface area contributed by atoms with Crippen LogP contribution in [0.25, 0.3) is 0 Å². The van der Waals surface area contributed by atoms with E-state index in [1.54, 1.807) is 30.3 Å². The monoisotopic (exact) mass is 341 g/mol. The molecule has 1 aliphatic rings. The quantitative estimate of drug-likeness (QED) is 0.844. The number of carboxylic acids is 1. The van der Waals surface area contributed by atoms with Crippen molar-refractivity contribution in [1.82, 2.24) is 0 Å². The van der Waals surface area contributed by atoms with Gasteiger partial charge in [-0.3, -0.25) is 4.79 Å². The number of ether oxygens (including phenoxy) is 2. The normalized spacial score (nSPS) is 16.4. The summed E-state index contributed by atoms with van der Waals surface area (Å²) in [5, 5.41) is 11.5. The maximum absolute atomic E-state index is 12.5. The lowest BCUT2D eigenvalue weighted by Gasteiger charge is -2.11. The van der Waals surface area contributed by atoms with E-state index >= 15 is 0 Å². The van der Waals surface area contributed by atoms with Crippen LogP contribution in [0.15, 0.2) is 48.5 Å². The van der Waals surface area contributed by atoms with E-state index in [-0.39, 0.29) is 5.91 Å². The lowest BCUT2D eigenvalue weighted by atomic mass is 9.96. The molecule has 2 aromatic rings. The summed E-state index contributed by atoms with van der Waals surface area (Å²) in [7, 11) is 0. The minimum Gasteiger partial charge on any atom is -0.482 e. The molecule has 2 N–H and O–H groups in total. The number of anilines is 1. The smallest absolute Gasteiger partial charge is 0.341 e. The van der Waals surface area contributed by atoms with E-state index in [9.17, 15) is 9.59 Å². The number of benzene rings is 2. The molecule has 1 saturated heterocycles. The van der Waals surface area contributed by atoms with Gasteiger partial charge in [-0.15, -0.1) is 0 Å². The standard InChI is InChI=1S/C19H19NO5/c21-18(22)12-25-17-6-2-5-16(10-17)20-19(23)14-4-1-3-13(9-14)15-7-8-24-11-15/h1-6,9-10,15H,7-8,11-12H2,(H,20,23)(H,21,22). The average molecular weight is 341 g/mol. The van der Waals surface area contributed by atoms with Crippen molar-refractivity contribution in [3.8, 4) is 5.75 Å². The Labute approximate surface area is 145 Å². The van der Waals surface area contributed by atoms with Crippen molar-refractivity contribution in [3.63, 3.8) is 0 Å². The Balaban J connectivity index is 1.68. The van der Waals surface area contributed by atoms with Crippen LogP contribution in [-0.4, -0.2) is 36.8 Å². The first kappa shape index (κ1) is 17.0. The van der Waals surface area contributed by atoms with Crippen molar-refractivity contribution in [2.75, 3.05) is 25.1 Å². The minimum atomic E-state index is -1.05. The van der Waals surface area contributed by atoms with Gasteiger partial charge in [0.1, 0.15) is 5.75 Å². The fourth-order valence-electron chi connectivity index (χ4n) is 2.74. The van der Waals surface area contributed by atoms with E-state index < -0.39 is 12.6 Å². The van der Waals surface area contributed by atoms with Gasteiger partial charge in [0, 0.05) is 29.8 Å². The molecule has 0 bridgehead atoms. The highest BCUT2D eigenvalue weighted by molar-refractivity contribution is 6.04. The van der Waals surface area contributed by atoms with Gasteiger partial charge in [-0.1, -0.05) is 18.2 Å². The van der Waals surface area contributed by atoms with Gasteiger partial charge >= 0.3 is 5.97 Å². The van der Waals surface area contributed by atoms with Gasteiger partial charge in [-0.2, -0.15) is 0 Å². The number of nitrogens with one attached hydrogen (secondary N) is 1. The maximum atomic E-state index is 12.5. The number of carbonyl (C=O) groups excluding carboxylic acids is 1. The molecule has 1 atom stereocenters. The number of carbonyl (C=O) groups is 2. The molecule has 0 aromatic heterocycles. The van der Waals surface area contributed by atoms with Crippen LogP contribution in [0.1, 0.15) is 28.3 Å². The van der Waals surface area contributed by atoms with Crippen molar-refractivity contribution in [3.05, 3.63) is 59.7 Å². The van der Waals surface area contributed by atoms with Crippen LogP contribution in [0.3, 0.4) is 0 Å². The summed E-state index contributed by atoms with van der Waals surface area (Å²) in [6, 6.07) is 14.2. The van der Waals surface area contributed by atoms with Crippen LogP contribution in [0, 0.1) is 0 Å². The van der Waals surface area contributed by atoms with Crippen molar-refractivity contribution < 1.29 is 24.2 Å². The van der Waals surface area contributed by atoms with Crippen LogP contribution in [0.2, 0.25) is 0 Å². The van der Waals surface area contributed by atoms with Crippen LogP contribution in [0.5, 0.6) is 5.75 Å². The number of hydrogen-bond acceptors (Lipinski definition) is 4. The molecular weight excluding hydrogens is 322 g/mol. The van der Waals surface area contributed by atoms with Gasteiger partial charge in [0.2, 0.25) is 0 Å². The summed E-state index contributed by atoms with van der Waals surface area (Å²) in [5.74, 6) is -0.559. The zero-order valence-corrected chi connectivity index (χ0v) is 13.6. The highest BCUT2D eigenvalue weighted by Crippen LogP contribution is 2.26. The largest absolute Gasteiger partial charge is 0.482 e. The first-order valence-electron chi connectivity index (χ1n) is 8.05. The summed E-state index contributed by atoms with van der Waals surface area (Å²) < 4.78 is 10.5. The van der Waals surface area contributed by atoms with Crippen molar-refractivity contribution in [2.45, 2.75) is 12.3 Å². The molecule has 1 aliphatic heterocycles. The first-order valence-corrected chi connectivity index (χ1v) is 8.05. The topological polar surface area (TPSA) is 84.9 Å². The minimum absolute atomic E-state index is 0.226. The van der Waals surface area contributed by atoms with E-state index in [1.807, 2.05) is 18.2 Å². The van der Waals surface area contributed by atoms with Crippen molar-refractivity contribution >= 4 is 17.6 Å². The molecule has 0 spiro atoms. The highest BCUT2D eigenvalue weighted by Gasteiger charge is 2.18. The number of hydrogen-bond donors (Lipinski definition) is 2. The summed E-state index contributed by atoms with van der Waals surface area (Å²) in [6.07, 6.45) is 0.966. The molecule has 3 rings (SSSR count). The molecule has 0 aliphatic carbocycles. The van der Waals surface area contributed by atoms with Crippen LogP contribution < -0.4 is 10.1 Å². The van der Waals surface area contributed by atoms with Gasteiger partial charge < -0.3 is 19.9 Å². The lowest BCUT2D eigenvalue weighted by molar-refractivity contribution is -0.139.